The maximum atomic E-state index is 10.9. The van der Waals surface area contributed by atoms with E-state index in [4.69, 9.17) is 0 Å². The van der Waals surface area contributed by atoms with Crippen LogP contribution in [-0.2, 0) is 21.7 Å². The van der Waals surface area contributed by atoms with Gasteiger partial charge in [0.15, 0.2) is 0 Å². The van der Waals surface area contributed by atoms with E-state index in [0.717, 1.165) is 33.6 Å². The summed E-state index contributed by atoms with van der Waals surface area (Å²) >= 11 is 0. The van der Waals surface area contributed by atoms with E-state index in [-0.39, 0.29) is 64.6 Å². The van der Waals surface area contributed by atoms with Gasteiger partial charge in [0.1, 0.15) is 0 Å². The van der Waals surface area contributed by atoms with Crippen molar-refractivity contribution in [1.29, 1.82) is 0 Å². The molecule has 0 saturated carbocycles. The van der Waals surface area contributed by atoms with Crippen molar-refractivity contribution in [2.24, 2.45) is 0 Å². The van der Waals surface area contributed by atoms with E-state index in [1.807, 2.05) is 21.5 Å². The Hall–Kier alpha value is -0.966. The standard InChI is InChI=1S/C21H24N3.3ClH.Ti/c1-13-9-15(3)19(16(4)10-13)23-7-8-24(21(23)22)20-17(5)11-14(2)12-18(20)6;;;;/h7-12H,1-6H3;3*1H;/q-1;;;;+4/p-3. The molecule has 3 aromatic rings. The maximum Gasteiger partial charge on any atom is 4.00 e. The van der Waals surface area contributed by atoms with Crippen molar-refractivity contribution in [3.05, 3.63) is 81.1 Å². The first-order valence-electron chi connectivity index (χ1n) is 8.28. The van der Waals surface area contributed by atoms with Crippen molar-refractivity contribution in [2.45, 2.75) is 41.5 Å². The van der Waals surface area contributed by atoms with Gasteiger partial charge in [-0.1, -0.05) is 35.4 Å². The number of hydrogen-bond acceptors (Lipinski definition) is 0. The molecule has 3 nitrogen and oxygen atoms in total. The Morgan fingerprint density at radius 1 is 0.571 bits per heavy atom. The van der Waals surface area contributed by atoms with Crippen LogP contribution in [0.25, 0.3) is 16.8 Å². The first kappa shape index (κ1) is 29.2. The zero-order chi connectivity index (χ0) is 17.6. The summed E-state index contributed by atoms with van der Waals surface area (Å²) in [4.78, 5) is 0. The summed E-state index contributed by atoms with van der Waals surface area (Å²) in [5, 5.41) is 10.9. The Morgan fingerprint density at radius 2 is 0.821 bits per heavy atom. The number of nitrogens with zero attached hydrogens (tertiary/aromatic N) is 3. The fourth-order valence-electron chi connectivity index (χ4n) is 3.84. The van der Waals surface area contributed by atoms with Gasteiger partial charge >= 0.3 is 21.7 Å². The third-order valence-electron chi connectivity index (χ3n) is 4.55. The van der Waals surface area contributed by atoms with E-state index in [9.17, 15) is 5.41 Å². The molecule has 0 bridgehead atoms. The molecule has 0 aliphatic rings. The molecule has 148 valence electrons. The molecule has 0 unspecified atom stereocenters. The fraction of sp³-hybridized carbons (Fsp3) is 0.286. The average molecular weight is 473 g/mol. The van der Waals surface area contributed by atoms with Gasteiger partial charge in [-0.2, -0.15) is 0 Å². The molecule has 0 N–H and O–H groups in total. The van der Waals surface area contributed by atoms with E-state index in [2.05, 4.69) is 65.8 Å². The van der Waals surface area contributed by atoms with Crippen LogP contribution in [0.5, 0.6) is 0 Å². The molecule has 0 aliphatic heterocycles. The molecule has 7 heteroatoms. The predicted molar refractivity (Wildman–Crippen MR) is 100 cm³/mol. The van der Waals surface area contributed by atoms with Gasteiger partial charge in [-0.25, -0.2) is 0 Å². The number of benzene rings is 2. The van der Waals surface area contributed by atoms with Gasteiger partial charge in [-0.05, 0) is 87.6 Å². The molecule has 2 aromatic carbocycles. The summed E-state index contributed by atoms with van der Waals surface area (Å²) in [7, 11) is 0. The quantitative estimate of drug-likeness (QED) is 0.338. The summed E-state index contributed by atoms with van der Waals surface area (Å²) in [6.07, 6.45) is 3.86. The van der Waals surface area contributed by atoms with Crippen molar-refractivity contribution >= 4 is 0 Å². The second-order valence-electron chi connectivity index (χ2n) is 6.83. The Balaban J connectivity index is 0. The smallest absolute Gasteiger partial charge is 1.00 e. The van der Waals surface area contributed by atoms with Gasteiger partial charge in [0.25, 0.3) is 0 Å². The zero-order valence-electron chi connectivity index (χ0n) is 16.9. The number of aryl methyl sites for hydroxylation is 6. The van der Waals surface area contributed by atoms with Crippen molar-refractivity contribution in [1.82, 2.24) is 9.13 Å². The summed E-state index contributed by atoms with van der Waals surface area (Å²) in [6.45, 7) is 12.5. The summed E-state index contributed by atoms with van der Waals surface area (Å²) in [5.41, 5.74) is 9.40. The number of imidazole rings is 1. The van der Waals surface area contributed by atoms with Crippen molar-refractivity contribution in [3.8, 4) is 11.4 Å². The van der Waals surface area contributed by atoms with Crippen LogP contribution in [0.1, 0.15) is 33.4 Å². The Labute approximate surface area is 201 Å². The van der Waals surface area contributed by atoms with Crippen LogP contribution < -0.4 is 42.8 Å². The van der Waals surface area contributed by atoms with Gasteiger partial charge in [0.05, 0.1) is 0 Å². The van der Waals surface area contributed by atoms with Crippen molar-refractivity contribution in [2.75, 3.05) is 0 Å². The van der Waals surface area contributed by atoms with Gasteiger partial charge in [0.2, 0.25) is 0 Å². The molecule has 28 heavy (non-hydrogen) atoms. The first-order valence-corrected chi connectivity index (χ1v) is 8.28. The van der Waals surface area contributed by atoms with E-state index >= 15 is 0 Å². The van der Waals surface area contributed by atoms with E-state index in [0.29, 0.717) is 0 Å². The summed E-state index contributed by atoms with van der Waals surface area (Å²) in [6, 6.07) is 8.59. The van der Waals surface area contributed by atoms with Crippen LogP contribution in [0.3, 0.4) is 0 Å². The Bertz CT molecular complexity index is 882. The molecule has 0 spiro atoms. The second-order valence-corrected chi connectivity index (χ2v) is 6.83. The normalized spacial score (nSPS) is 9.50. The van der Waals surface area contributed by atoms with Crippen LogP contribution in [0.2, 0.25) is 0 Å². The molecule has 0 radical (unpaired) electrons. The fourth-order valence-corrected chi connectivity index (χ4v) is 3.84. The third kappa shape index (κ3) is 5.34. The molecule has 0 atom stereocenters. The molecule has 0 aliphatic carbocycles. The summed E-state index contributed by atoms with van der Waals surface area (Å²) < 4.78 is 3.73. The topological polar surface area (TPSA) is 32.2 Å². The van der Waals surface area contributed by atoms with Crippen molar-refractivity contribution < 1.29 is 58.9 Å². The van der Waals surface area contributed by atoms with Gasteiger partial charge < -0.3 is 51.8 Å². The molecular formula is C21H24Cl3N3Ti. The van der Waals surface area contributed by atoms with E-state index in [1.165, 1.54) is 11.1 Å². The molecule has 0 amide bonds. The minimum absolute atomic E-state index is 0. The number of aromatic nitrogens is 2. The minimum Gasteiger partial charge on any atom is -1.00 e. The maximum absolute atomic E-state index is 10.9. The van der Waals surface area contributed by atoms with Crippen LogP contribution in [0.15, 0.2) is 36.7 Å². The molecule has 1 heterocycles. The Morgan fingerprint density at radius 3 is 1.07 bits per heavy atom. The monoisotopic (exact) mass is 471 g/mol. The average Bonchev–Trinajstić information content (AvgIpc) is 2.79. The van der Waals surface area contributed by atoms with Crippen LogP contribution in [0, 0.1) is 41.5 Å². The molecule has 1 aromatic heterocycles. The zero-order valence-corrected chi connectivity index (χ0v) is 20.8. The SMILES string of the molecule is Cc1cc(C)c(-n2ccn(-c3c(C)cc(C)cc3C)c2=[N-])c(C)c1.[Cl-].[Cl-].[Cl-].[Ti+4]. The third-order valence-corrected chi connectivity index (χ3v) is 4.55. The van der Waals surface area contributed by atoms with Crippen molar-refractivity contribution in [3.63, 3.8) is 0 Å². The molecule has 0 fully saturated rings. The number of halogens is 3. The largest absolute Gasteiger partial charge is 4.00 e. The molecular weight excluding hydrogens is 448 g/mol. The number of hydrogen-bond donors (Lipinski definition) is 0. The van der Waals surface area contributed by atoms with Gasteiger partial charge in [0, 0.05) is 5.62 Å². The van der Waals surface area contributed by atoms with E-state index in [1.54, 1.807) is 0 Å². The van der Waals surface area contributed by atoms with Gasteiger partial charge in [-0.3, -0.25) is 0 Å². The molecule has 3 rings (SSSR count). The minimum atomic E-state index is 0. The summed E-state index contributed by atoms with van der Waals surface area (Å²) in [5.74, 6) is 0. The van der Waals surface area contributed by atoms with E-state index < -0.39 is 0 Å². The first-order chi connectivity index (χ1) is 11.3. The predicted octanol–water partition coefficient (Wildman–Crippen LogP) is -4.40. The number of rotatable bonds is 2. The van der Waals surface area contributed by atoms with Crippen LogP contribution in [0.4, 0.5) is 0 Å². The van der Waals surface area contributed by atoms with Crippen LogP contribution in [-0.4, -0.2) is 9.13 Å². The van der Waals surface area contributed by atoms with Crippen LogP contribution >= 0.6 is 0 Å². The molecule has 0 saturated heterocycles. The van der Waals surface area contributed by atoms with Gasteiger partial charge in [-0.15, -0.1) is 0 Å². The Kier molecular flexibility index (Phi) is 11.8. The second kappa shape index (κ2) is 11.3.